The van der Waals surface area contributed by atoms with Crippen molar-refractivity contribution in [1.29, 1.82) is 0 Å². The number of nitrogens with zero attached hydrogens (tertiary/aromatic N) is 2. The standard InChI is InChI=1S/C37H44N2O7/c40-35(39(27-36(41)42)28-37(43)46-29-32-15-8-3-9-16-32)17-10-23-44-33-18-20-34(21-19-33)45-24-22-38(25-30-11-4-1-5-12-30)26-31-13-6-2-7-14-31/h1-17,33-34H,18-29H2,(H,41,42)/b17-10+. The van der Waals surface area contributed by atoms with Gasteiger partial charge in [0.1, 0.15) is 19.7 Å². The fourth-order valence-corrected chi connectivity index (χ4v) is 5.37. The maximum absolute atomic E-state index is 12.6. The molecular formula is C37H44N2O7. The topological polar surface area (TPSA) is 106 Å². The van der Waals surface area contributed by atoms with Gasteiger partial charge in [-0.25, -0.2) is 0 Å². The molecule has 46 heavy (non-hydrogen) atoms. The number of hydrogen-bond acceptors (Lipinski definition) is 7. The zero-order valence-electron chi connectivity index (χ0n) is 26.2. The molecule has 0 unspecified atom stereocenters. The average Bonchev–Trinajstić information content (AvgIpc) is 3.07. The summed E-state index contributed by atoms with van der Waals surface area (Å²) in [6.45, 7) is 2.43. The summed E-state index contributed by atoms with van der Waals surface area (Å²) in [6.07, 6.45) is 6.60. The Labute approximate surface area is 271 Å². The Kier molecular flexibility index (Phi) is 14.5. The Morgan fingerprint density at radius 2 is 1.24 bits per heavy atom. The lowest BCUT2D eigenvalue weighted by Crippen LogP contribution is -2.39. The molecule has 244 valence electrons. The van der Waals surface area contributed by atoms with Crippen LogP contribution in [-0.4, -0.2) is 77.8 Å². The molecule has 0 radical (unpaired) electrons. The number of esters is 1. The van der Waals surface area contributed by atoms with Crippen LogP contribution in [-0.2, 0) is 48.3 Å². The number of ether oxygens (including phenoxy) is 3. The number of aliphatic carboxylic acids is 1. The number of benzene rings is 3. The number of rotatable bonds is 18. The molecule has 0 spiro atoms. The van der Waals surface area contributed by atoms with Gasteiger partial charge in [-0.05, 0) is 42.4 Å². The Balaban J connectivity index is 1.14. The predicted molar refractivity (Wildman–Crippen MR) is 175 cm³/mol. The van der Waals surface area contributed by atoms with E-state index in [1.807, 2.05) is 42.5 Å². The number of carboxylic acids is 1. The predicted octanol–water partition coefficient (Wildman–Crippen LogP) is 5.25. The molecule has 3 aromatic carbocycles. The molecule has 1 saturated carbocycles. The van der Waals surface area contributed by atoms with Crippen LogP contribution < -0.4 is 0 Å². The molecule has 4 rings (SSSR count). The summed E-state index contributed by atoms with van der Waals surface area (Å²) in [5.74, 6) is -2.48. The van der Waals surface area contributed by atoms with Crippen LogP contribution in [0.1, 0.15) is 42.4 Å². The van der Waals surface area contributed by atoms with Crippen LogP contribution >= 0.6 is 0 Å². The van der Waals surface area contributed by atoms with Gasteiger partial charge < -0.3 is 24.2 Å². The van der Waals surface area contributed by atoms with Gasteiger partial charge in [0.15, 0.2) is 0 Å². The van der Waals surface area contributed by atoms with Crippen LogP contribution in [0.5, 0.6) is 0 Å². The van der Waals surface area contributed by atoms with Gasteiger partial charge >= 0.3 is 11.9 Å². The van der Waals surface area contributed by atoms with Crippen LogP contribution in [0.2, 0.25) is 0 Å². The van der Waals surface area contributed by atoms with Gasteiger partial charge in [-0.2, -0.15) is 0 Å². The molecule has 1 aliphatic rings. The third-order valence-electron chi connectivity index (χ3n) is 7.77. The van der Waals surface area contributed by atoms with Crippen molar-refractivity contribution in [3.63, 3.8) is 0 Å². The lowest BCUT2D eigenvalue weighted by atomic mass is 9.95. The Hall–Kier alpha value is -4.31. The van der Waals surface area contributed by atoms with Crippen molar-refractivity contribution in [3.05, 3.63) is 120 Å². The monoisotopic (exact) mass is 628 g/mol. The molecule has 0 aliphatic heterocycles. The first-order valence-electron chi connectivity index (χ1n) is 15.8. The van der Waals surface area contributed by atoms with E-state index in [9.17, 15) is 19.5 Å². The largest absolute Gasteiger partial charge is 0.480 e. The highest BCUT2D eigenvalue weighted by molar-refractivity contribution is 5.92. The van der Waals surface area contributed by atoms with Crippen molar-refractivity contribution in [2.75, 3.05) is 32.8 Å². The Morgan fingerprint density at radius 3 is 1.78 bits per heavy atom. The van der Waals surface area contributed by atoms with E-state index in [2.05, 4.69) is 53.4 Å². The summed E-state index contributed by atoms with van der Waals surface area (Å²) < 4.78 is 17.4. The molecule has 1 N–H and O–H groups in total. The summed E-state index contributed by atoms with van der Waals surface area (Å²) in [4.78, 5) is 39.5. The third-order valence-corrected chi connectivity index (χ3v) is 7.77. The van der Waals surface area contributed by atoms with E-state index < -0.39 is 30.9 Å². The molecule has 0 bridgehead atoms. The average molecular weight is 629 g/mol. The van der Waals surface area contributed by atoms with Crippen molar-refractivity contribution in [2.45, 2.75) is 57.6 Å². The van der Waals surface area contributed by atoms with Crippen LogP contribution in [0.25, 0.3) is 0 Å². The normalized spacial score (nSPS) is 16.4. The summed E-state index contributed by atoms with van der Waals surface area (Å²) in [5.41, 5.74) is 3.36. The number of carboxylic acid groups (broad SMARTS) is 1. The number of carbonyl (C=O) groups is 3. The van der Waals surface area contributed by atoms with E-state index in [4.69, 9.17) is 14.2 Å². The summed E-state index contributed by atoms with van der Waals surface area (Å²) >= 11 is 0. The number of amides is 1. The van der Waals surface area contributed by atoms with Gasteiger partial charge in [0.2, 0.25) is 5.91 Å². The zero-order valence-corrected chi connectivity index (χ0v) is 26.2. The molecule has 0 heterocycles. The quantitative estimate of drug-likeness (QED) is 0.151. The first-order valence-corrected chi connectivity index (χ1v) is 15.8. The first-order chi connectivity index (χ1) is 22.4. The molecule has 0 aromatic heterocycles. The van der Waals surface area contributed by atoms with Gasteiger partial charge in [0.05, 0.1) is 25.4 Å². The lowest BCUT2D eigenvalue weighted by Gasteiger charge is -2.29. The zero-order chi connectivity index (χ0) is 32.4. The van der Waals surface area contributed by atoms with Gasteiger partial charge in [-0.1, -0.05) is 97.1 Å². The van der Waals surface area contributed by atoms with Gasteiger partial charge in [-0.15, -0.1) is 0 Å². The smallest absolute Gasteiger partial charge is 0.326 e. The minimum Gasteiger partial charge on any atom is -0.480 e. The fourth-order valence-electron chi connectivity index (χ4n) is 5.37. The highest BCUT2D eigenvalue weighted by Crippen LogP contribution is 2.23. The molecule has 1 fully saturated rings. The molecular weight excluding hydrogens is 584 g/mol. The molecule has 0 saturated heterocycles. The second-order valence-corrected chi connectivity index (χ2v) is 11.4. The Morgan fingerprint density at radius 1 is 0.717 bits per heavy atom. The van der Waals surface area contributed by atoms with Crippen molar-refractivity contribution in [2.24, 2.45) is 0 Å². The van der Waals surface area contributed by atoms with E-state index >= 15 is 0 Å². The minimum atomic E-state index is -1.21. The maximum Gasteiger partial charge on any atom is 0.326 e. The van der Waals surface area contributed by atoms with Crippen LogP contribution in [0.15, 0.2) is 103 Å². The molecule has 1 aliphatic carbocycles. The van der Waals surface area contributed by atoms with Gasteiger partial charge in [0.25, 0.3) is 0 Å². The fraction of sp³-hybridized carbons (Fsp3) is 0.378. The highest BCUT2D eigenvalue weighted by Gasteiger charge is 2.23. The van der Waals surface area contributed by atoms with Crippen molar-refractivity contribution >= 4 is 17.8 Å². The molecule has 1 amide bonds. The van der Waals surface area contributed by atoms with E-state index in [-0.39, 0.29) is 25.4 Å². The molecule has 9 nitrogen and oxygen atoms in total. The van der Waals surface area contributed by atoms with Crippen molar-refractivity contribution in [1.82, 2.24) is 9.80 Å². The second-order valence-electron chi connectivity index (χ2n) is 11.4. The summed E-state index contributed by atoms with van der Waals surface area (Å²) in [5, 5.41) is 9.21. The first kappa shape index (κ1) is 34.6. The molecule has 9 heteroatoms. The number of carbonyl (C=O) groups excluding carboxylic acids is 2. The summed E-state index contributed by atoms with van der Waals surface area (Å²) in [6, 6.07) is 30.1. The van der Waals surface area contributed by atoms with E-state index in [1.165, 1.54) is 17.2 Å². The van der Waals surface area contributed by atoms with Crippen molar-refractivity contribution in [3.8, 4) is 0 Å². The van der Waals surface area contributed by atoms with Gasteiger partial charge in [-0.3, -0.25) is 19.3 Å². The third kappa shape index (κ3) is 13.0. The lowest BCUT2D eigenvalue weighted by molar-refractivity contribution is -0.151. The maximum atomic E-state index is 12.6. The highest BCUT2D eigenvalue weighted by atomic mass is 16.5. The SMILES string of the molecule is O=C(O)CN(CC(=O)OCc1ccccc1)C(=O)/C=C/COC1CCC(OCCN(Cc2ccccc2)Cc2ccccc2)CC1. The van der Waals surface area contributed by atoms with Gasteiger partial charge in [0, 0.05) is 25.7 Å². The Bertz CT molecular complexity index is 1320. The summed E-state index contributed by atoms with van der Waals surface area (Å²) in [7, 11) is 0. The van der Waals surface area contributed by atoms with Crippen molar-refractivity contribution < 1.29 is 33.7 Å². The number of hydrogen-bond donors (Lipinski definition) is 1. The molecule has 3 aromatic rings. The van der Waals surface area contributed by atoms with Crippen LogP contribution in [0.4, 0.5) is 0 Å². The van der Waals surface area contributed by atoms with Crippen LogP contribution in [0, 0.1) is 0 Å². The molecule has 0 atom stereocenters. The van der Waals surface area contributed by atoms with E-state index in [0.29, 0.717) is 6.61 Å². The van der Waals surface area contributed by atoms with Crippen LogP contribution in [0.3, 0.4) is 0 Å². The van der Waals surface area contributed by atoms with E-state index in [1.54, 1.807) is 6.08 Å². The van der Waals surface area contributed by atoms with E-state index in [0.717, 1.165) is 55.8 Å². The minimum absolute atomic E-state index is 0.0483. The second kappa shape index (κ2) is 19.3.